The van der Waals surface area contributed by atoms with E-state index in [9.17, 15) is 15.0 Å². The second kappa shape index (κ2) is 6.24. The zero-order valence-corrected chi connectivity index (χ0v) is 16.1. The maximum absolute atomic E-state index is 12.3. The van der Waals surface area contributed by atoms with Gasteiger partial charge in [-0.3, -0.25) is 4.79 Å². The van der Waals surface area contributed by atoms with Crippen molar-refractivity contribution in [1.82, 2.24) is 0 Å². The average Bonchev–Trinajstić information content (AvgIpc) is 2.78. The van der Waals surface area contributed by atoms with E-state index in [1.807, 2.05) is 24.3 Å². The molecule has 2 aromatic rings. The van der Waals surface area contributed by atoms with Crippen LogP contribution in [0.4, 0.5) is 5.69 Å². The number of aliphatic hydroxyl groups is 2. The zero-order valence-electron chi connectivity index (χ0n) is 14.5. The highest BCUT2D eigenvalue weighted by molar-refractivity contribution is 9.10. The van der Waals surface area contributed by atoms with Crippen molar-refractivity contribution < 1.29 is 15.0 Å². The largest absolute Gasteiger partial charge is 0.388 e. The second-order valence-electron chi connectivity index (χ2n) is 7.60. The number of hydrogen-bond donors (Lipinski definition) is 3. The first kappa shape index (κ1) is 18.1. The van der Waals surface area contributed by atoms with Crippen LogP contribution in [-0.4, -0.2) is 16.1 Å². The molecule has 2 unspecified atom stereocenters. The molecular weight excluding hydrogens is 382 g/mol. The number of anilines is 1. The van der Waals surface area contributed by atoms with Gasteiger partial charge in [-0.15, -0.1) is 0 Å². The van der Waals surface area contributed by atoms with Gasteiger partial charge >= 0.3 is 0 Å². The van der Waals surface area contributed by atoms with Gasteiger partial charge in [0.05, 0.1) is 6.10 Å². The Hall–Kier alpha value is -1.69. The normalized spacial score (nSPS) is 21.0. The molecule has 1 amide bonds. The summed E-state index contributed by atoms with van der Waals surface area (Å²) in [6, 6.07) is 12.9. The molecule has 1 aliphatic rings. The van der Waals surface area contributed by atoms with E-state index in [4.69, 9.17) is 0 Å². The van der Waals surface area contributed by atoms with Gasteiger partial charge in [0, 0.05) is 22.1 Å². The molecule has 2 atom stereocenters. The smallest absolute Gasteiger partial charge is 0.261 e. The Morgan fingerprint density at radius 1 is 1.16 bits per heavy atom. The second-order valence-corrected chi connectivity index (χ2v) is 8.51. The van der Waals surface area contributed by atoms with Crippen LogP contribution in [0, 0.1) is 0 Å². The van der Waals surface area contributed by atoms with Crippen LogP contribution >= 0.6 is 15.9 Å². The predicted molar refractivity (Wildman–Crippen MR) is 101 cm³/mol. The van der Waals surface area contributed by atoms with Crippen molar-refractivity contribution in [3.05, 3.63) is 63.6 Å². The number of halogens is 1. The number of rotatable bonds is 3. The van der Waals surface area contributed by atoms with Gasteiger partial charge in [0.15, 0.2) is 5.60 Å². The summed E-state index contributed by atoms with van der Waals surface area (Å²) in [6.07, 6.45) is -1.05. The van der Waals surface area contributed by atoms with E-state index in [-0.39, 0.29) is 11.8 Å². The Morgan fingerprint density at radius 3 is 2.40 bits per heavy atom. The summed E-state index contributed by atoms with van der Waals surface area (Å²) in [6.45, 7) is 6.37. The van der Waals surface area contributed by atoms with Gasteiger partial charge in [-0.1, -0.05) is 61.0 Å². The summed E-state index contributed by atoms with van der Waals surface area (Å²) < 4.78 is 0.769. The highest BCUT2D eigenvalue weighted by Crippen LogP contribution is 2.42. The van der Waals surface area contributed by atoms with E-state index in [1.165, 1.54) is 0 Å². The van der Waals surface area contributed by atoms with Crippen LogP contribution in [0.15, 0.2) is 46.9 Å². The standard InChI is InChI=1S/C20H22BrNO3/c1-19(2,3)13-6-4-12(5-7-13)17(23)11-20(25)15-10-14(21)8-9-16(15)22-18(20)24/h4-10,17,23,25H,11H2,1-3H3,(H,22,24). The number of nitrogens with one attached hydrogen (secondary N) is 1. The molecule has 3 rings (SSSR count). The third kappa shape index (κ3) is 3.36. The van der Waals surface area contributed by atoms with Gasteiger partial charge in [-0.25, -0.2) is 0 Å². The van der Waals surface area contributed by atoms with E-state index in [0.29, 0.717) is 16.8 Å². The third-order valence-electron chi connectivity index (χ3n) is 4.70. The van der Waals surface area contributed by atoms with E-state index in [1.54, 1.807) is 18.2 Å². The van der Waals surface area contributed by atoms with Crippen LogP contribution in [-0.2, 0) is 15.8 Å². The fourth-order valence-electron chi connectivity index (χ4n) is 3.12. The van der Waals surface area contributed by atoms with E-state index < -0.39 is 17.6 Å². The molecule has 0 fully saturated rings. The summed E-state index contributed by atoms with van der Waals surface area (Å²) in [7, 11) is 0. The first-order chi connectivity index (χ1) is 11.6. The maximum Gasteiger partial charge on any atom is 0.261 e. The topological polar surface area (TPSA) is 69.6 Å². The fourth-order valence-corrected chi connectivity index (χ4v) is 3.48. The number of carbonyl (C=O) groups excluding carboxylic acids is 1. The van der Waals surface area contributed by atoms with Crippen LogP contribution in [0.1, 0.15) is 50.0 Å². The summed E-state index contributed by atoms with van der Waals surface area (Å²) in [5, 5.41) is 24.2. The molecule has 25 heavy (non-hydrogen) atoms. The minimum atomic E-state index is -1.75. The fraction of sp³-hybridized carbons (Fsp3) is 0.350. The molecule has 2 aromatic carbocycles. The highest BCUT2D eigenvalue weighted by atomic mass is 79.9. The zero-order chi connectivity index (χ0) is 18.4. The molecule has 0 aromatic heterocycles. The van der Waals surface area contributed by atoms with E-state index in [2.05, 4.69) is 42.0 Å². The lowest BCUT2D eigenvalue weighted by Crippen LogP contribution is -2.35. The van der Waals surface area contributed by atoms with Gasteiger partial charge in [0.2, 0.25) is 0 Å². The van der Waals surface area contributed by atoms with Crippen LogP contribution in [0.2, 0.25) is 0 Å². The Morgan fingerprint density at radius 2 is 1.80 bits per heavy atom. The van der Waals surface area contributed by atoms with Crippen LogP contribution < -0.4 is 5.32 Å². The van der Waals surface area contributed by atoms with E-state index >= 15 is 0 Å². The Labute approximate surface area is 156 Å². The monoisotopic (exact) mass is 403 g/mol. The van der Waals surface area contributed by atoms with Crippen molar-refractivity contribution in [1.29, 1.82) is 0 Å². The number of amides is 1. The lowest BCUT2D eigenvalue weighted by molar-refractivity contribution is -0.137. The molecule has 132 valence electrons. The van der Waals surface area contributed by atoms with Gasteiger partial charge in [-0.2, -0.15) is 0 Å². The molecule has 1 aliphatic heterocycles. The van der Waals surface area contributed by atoms with Crippen LogP contribution in [0.3, 0.4) is 0 Å². The number of hydrogen-bond acceptors (Lipinski definition) is 3. The molecule has 0 saturated carbocycles. The SMILES string of the molecule is CC(C)(C)c1ccc(C(O)CC2(O)C(=O)Nc3ccc(Br)cc32)cc1. The summed E-state index contributed by atoms with van der Waals surface area (Å²) >= 11 is 3.36. The lowest BCUT2D eigenvalue weighted by atomic mass is 9.84. The van der Waals surface area contributed by atoms with Crippen molar-refractivity contribution in [2.24, 2.45) is 0 Å². The van der Waals surface area contributed by atoms with Crippen molar-refractivity contribution in [2.45, 2.75) is 44.3 Å². The quantitative estimate of drug-likeness (QED) is 0.724. The number of aliphatic hydroxyl groups excluding tert-OH is 1. The minimum absolute atomic E-state index is 0.0260. The molecule has 0 bridgehead atoms. The third-order valence-corrected chi connectivity index (χ3v) is 5.19. The molecule has 0 saturated heterocycles. The number of fused-ring (bicyclic) bond motifs is 1. The van der Waals surface area contributed by atoms with Gasteiger partial charge < -0.3 is 15.5 Å². The maximum atomic E-state index is 12.3. The van der Waals surface area contributed by atoms with Crippen molar-refractivity contribution in [2.75, 3.05) is 5.32 Å². The molecular formula is C20H22BrNO3. The summed E-state index contributed by atoms with van der Waals surface area (Å²) in [4.78, 5) is 12.3. The molecule has 4 nitrogen and oxygen atoms in total. The Balaban J connectivity index is 1.87. The minimum Gasteiger partial charge on any atom is -0.388 e. The Kier molecular flexibility index (Phi) is 4.52. The van der Waals surface area contributed by atoms with Gasteiger partial charge in [0.1, 0.15) is 0 Å². The molecule has 0 aliphatic carbocycles. The molecule has 1 heterocycles. The van der Waals surface area contributed by atoms with Gasteiger partial charge in [0.25, 0.3) is 5.91 Å². The predicted octanol–water partition coefficient (Wildman–Crippen LogP) is 4.01. The molecule has 5 heteroatoms. The number of carbonyl (C=O) groups is 1. The molecule has 0 radical (unpaired) electrons. The first-order valence-corrected chi connectivity index (χ1v) is 9.03. The molecule has 0 spiro atoms. The first-order valence-electron chi connectivity index (χ1n) is 8.23. The summed E-state index contributed by atoms with van der Waals surface area (Å²) in [5.74, 6) is -0.508. The summed E-state index contributed by atoms with van der Waals surface area (Å²) in [5.41, 5.74) is 1.18. The van der Waals surface area contributed by atoms with Crippen LogP contribution in [0.25, 0.3) is 0 Å². The average molecular weight is 404 g/mol. The molecule has 3 N–H and O–H groups in total. The van der Waals surface area contributed by atoms with Gasteiger partial charge in [-0.05, 0) is 34.7 Å². The van der Waals surface area contributed by atoms with E-state index in [0.717, 1.165) is 10.0 Å². The number of benzene rings is 2. The lowest BCUT2D eigenvalue weighted by Gasteiger charge is -2.25. The Bertz CT molecular complexity index is 811. The van der Waals surface area contributed by atoms with Crippen molar-refractivity contribution >= 4 is 27.5 Å². The van der Waals surface area contributed by atoms with Crippen LogP contribution in [0.5, 0.6) is 0 Å². The highest BCUT2D eigenvalue weighted by Gasteiger charge is 2.46. The van der Waals surface area contributed by atoms with Crippen molar-refractivity contribution in [3.8, 4) is 0 Å². The van der Waals surface area contributed by atoms with Crippen molar-refractivity contribution in [3.63, 3.8) is 0 Å².